The molecule has 0 spiro atoms. The maximum Gasteiger partial charge on any atom is 0.264 e. The van der Waals surface area contributed by atoms with Gasteiger partial charge in [-0.3, -0.25) is 9.10 Å². The number of carbonyl (C=O) groups excluding carboxylic acids is 1. The fourth-order valence-corrected chi connectivity index (χ4v) is 3.91. The molecular formula is C19H24N2O3S. The van der Waals surface area contributed by atoms with Crippen LogP contribution in [0, 0.1) is 20.8 Å². The molecule has 5 nitrogen and oxygen atoms in total. The Morgan fingerprint density at radius 1 is 0.880 bits per heavy atom. The molecule has 0 aliphatic rings. The highest BCUT2D eigenvalue weighted by molar-refractivity contribution is 7.92. The van der Waals surface area contributed by atoms with Gasteiger partial charge in [0.2, 0.25) is 5.91 Å². The Bertz CT molecular complexity index is 852. The first-order chi connectivity index (χ1) is 11.6. The van der Waals surface area contributed by atoms with Gasteiger partial charge in [-0.05, 0) is 56.2 Å². The van der Waals surface area contributed by atoms with Crippen molar-refractivity contribution in [2.45, 2.75) is 25.7 Å². The Labute approximate surface area is 149 Å². The largest absolute Gasteiger partial charge is 0.347 e. The van der Waals surface area contributed by atoms with Crippen LogP contribution in [0.3, 0.4) is 0 Å². The van der Waals surface area contributed by atoms with Crippen LogP contribution in [0.1, 0.15) is 16.7 Å². The molecular weight excluding hydrogens is 336 g/mol. The van der Waals surface area contributed by atoms with Gasteiger partial charge in [-0.1, -0.05) is 23.8 Å². The maximum absolute atomic E-state index is 13.2. The van der Waals surface area contributed by atoms with E-state index >= 15 is 0 Å². The molecule has 0 aliphatic heterocycles. The highest BCUT2D eigenvalue weighted by atomic mass is 32.2. The Morgan fingerprint density at radius 3 is 1.88 bits per heavy atom. The number of rotatable bonds is 5. The van der Waals surface area contributed by atoms with Crippen molar-refractivity contribution in [1.82, 2.24) is 4.90 Å². The second-order valence-electron chi connectivity index (χ2n) is 6.46. The number of anilines is 1. The number of hydrogen-bond donors (Lipinski definition) is 0. The highest BCUT2D eigenvalue weighted by Crippen LogP contribution is 2.26. The molecule has 2 rings (SSSR count). The molecule has 134 valence electrons. The first-order valence-corrected chi connectivity index (χ1v) is 9.43. The van der Waals surface area contributed by atoms with E-state index in [1.807, 2.05) is 26.8 Å². The molecule has 1 amide bonds. The highest BCUT2D eigenvalue weighted by Gasteiger charge is 2.28. The van der Waals surface area contributed by atoms with Gasteiger partial charge < -0.3 is 4.90 Å². The van der Waals surface area contributed by atoms with Gasteiger partial charge in [0.1, 0.15) is 6.54 Å². The van der Waals surface area contributed by atoms with E-state index in [1.54, 1.807) is 50.5 Å². The summed E-state index contributed by atoms with van der Waals surface area (Å²) in [5, 5.41) is 0. The number of aryl methyl sites for hydroxylation is 3. The third-order valence-corrected chi connectivity index (χ3v) is 5.67. The lowest BCUT2D eigenvalue weighted by Gasteiger charge is -2.26. The van der Waals surface area contributed by atoms with Crippen molar-refractivity contribution in [3.63, 3.8) is 0 Å². The van der Waals surface area contributed by atoms with Crippen LogP contribution in [0.4, 0.5) is 5.69 Å². The van der Waals surface area contributed by atoms with Crippen LogP contribution in [0.5, 0.6) is 0 Å². The zero-order chi connectivity index (χ0) is 18.8. The maximum atomic E-state index is 13.2. The zero-order valence-corrected chi connectivity index (χ0v) is 16.1. The van der Waals surface area contributed by atoms with Gasteiger partial charge in [0.25, 0.3) is 10.0 Å². The van der Waals surface area contributed by atoms with Crippen molar-refractivity contribution < 1.29 is 13.2 Å². The van der Waals surface area contributed by atoms with E-state index in [0.717, 1.165) is 16.7 Å². The molecule has 0 unspecified atom stereocenters. The summed E-state index contributed by atoms with van der Waals surface area (Å²) < 4.78 is 27.5. The number of benzene rings is 2. The van der Waals surface area contributed by atoms with E-state index in [0.29, 0.717) is 5.69 Å². The second-order valence-corrected chi connectivity index (χ2v) is 8.32. The fourth-order valence-electron chi connectivity index (χ4n) is 2.51. The Hall–Kier alpha value is -2.34. The standard InChI is InChI=1S/C19H24N2O3S/c1-14-6-8-18(9-7-14)25(23,24)21(13-19(22)20(4)5)17-11-15(2)10-16(3)12-17/h6-12H,13H2,1-5H3. The van der Waals surface area contributed by atoms with E-state index in [1.165, 1.54) is 9.21 Å². The van der Waals surface area contributed by atoms with Gasteiger partial charge in [0.15, 0.2) is 0 Å². The first kappa shape index (κ1) is 19.0. The molecule has 2 aromatic rings. The lowest BCUT2D eigenvalue weighted by atomic mass is 10.1. The molecule has 0 heterocycles. The normalized spacial score (nSPS) is 11.2. The number of carbonyl (C=O) groups is 1. The smallest absolute Gasteiger partial charge is 0.264 e. The fraction of sp³-hybridized carbons (Fsp3) is 0.316. The summed E-state index contributed by atoms with van der Waals surface area (Å²) in [5.41, 5.74) is 3.35. The van der Waals surface area contributed by atoms with E-state index in [2.05, 4.69) is 0 Å². The Kier molecular flexibility index (Phi) is 5.52. The molecule has 0 aliphatic carbocycles. The van der Waals surface area contributed by atoms with E-state index in [9.17, 15) is 13.2 Å². The first-order valence-electron chi connectivity index (χ1n) is 7.99. The van der Waals surface area contributed by atoms with Crippen molar-refractivity contribution in [2.75, 3.05) is 24.9 Å². The molecule has 0 bridgehead atoms. The monoisotopic (exact) mass is 360 g/mol. The summed E-state index contributed by atoms with van der Waals surface area (Å²) in [6.45, 7) is 5.46. The van der Waals surface area contributed by atoms with Crippen LogP contribution in [-0.4, -0.2) is 39.9 Å². The molecule has 0 N–H and O–H groups in total. The summed E-state index contributed by atoms with van der Waals surface area (Å²) in [7, 11) is -0.624. The molecule has 6 heteroatoms. The van der Waals surface area contributed by atoms with E-state index in [4.69, 9.17) is 0 Å². The predicted octanol–water partition coefficient (Wildman–Crippen LogP) is 2.90. The topological polar surface area (TPSA) is 57.7 Å². The molecule has 0 aromatic heterocycles. The summed E-state index contributed by atoms with van der Waals surface area (Å²) in [5.74, 6) is -0.283. The van der Waals surface area contributed by atoms with Gasteiger partial charge in [0.05, 0.1) is 10.6 Å². The molecule has 2 aromatic carbocycles. The Balaban J connectivity index is 2.57. The number of hydrogen-bond acceptors (Lipinski definition) is 3. The average Bonchev–Trinajstić information content (AvgIpc) is 2.51. The van der Waals surface area contributed by atoms with Crippen LogP contribution in [0.25, 0.3) is 0 Å². The zero-order valence-electron chi connectivity index (χ0n) is 15.3. The van der Waals surface area contributed by atoms with Crippen molar-refractivity contribution in [3.8, 4) is 0 Å². The quantitative estimate of drug-likeness (QED) is 0.824. The second kappa shape index (κ2) is 7.27. The third-order valence-electron chi connectivity index (χ3n) is 3.88. The van der Waals surface area contributed by atoms with Crippen molar-refractivity contribution in [2.24, 2.45) is 0 Å². The van der Waals surface area contributed by atoms with Gasteiger partial charge in [-0.2, -0.15) is 0 Å². The van der Waals surface area contributed by atoms with Crippen LogP contribution in [0.2, 0.25) is 0 Å². The van der Waals surface area contributed by atoms with Crippen molar-refractivity contribution in [3.05, 3.63) is 59.2 Å². The van der Waals surface area contributed by atoms with Crippen molar-refractivity contribution >= 4 is 21.6 Å². The minimum atomic E-state index is -3.85. The number of nitrogens with zero attached hydrogens (tertiary/aromatic N) is 2. The van der Waals surface area contributed by atoms with E-state index < -0.39 is 10.0 Å². The molecule has 25 heavy (non-hydrogen) atoms. The lowest BCUT2D eigenvalue weighted by molar-refractivity contribution is -0.127. The minimum absolute atomic E-state index is 0.170. The lowest BCUT2D eigenvalue weighted by Crippen LogP contribution is -2.40. The molecule has 0 atom stereocenters. The van der Waals surface area contributed by atoms with Gasteiger partial charge >= 0.3 is 0 Å². The van der Waals surface area contributed by atoms with Gasteiger partial charge in [-0.15, -0.1) is 0 Å². The number of likely N-dealkylation sites (N-methyl/N-ethyl adjacent to an activating group) is 1. The average molecular weight is 360 g/mol. The van der Waals surface area contributed by atoms with Crippen LogP contribution in [0.15, 0.2) is 47.4 Å². The molecule has 0 fully saturated rings. The minimum Gasteiger partial charge on any atom is -0.347 e. The summed E-state index contributed by atoms with van der Waals surface area (Å²) in [6.07, 6.45) is 0. The molecule has 0 saturated carbocycles. The van der Waals surface area contributed by atoms with Crippen LogP contribution in [-0.2, 0) is 14.8 Å². The number of sulfonamides is 1. The summed E-state index contributed by atoms with van der Waals surface area (Å²) in [4.78, 5) is 13.8. The summed E-state index contributed by atoms with van der Waals surface area (Å²) >= 11 is 0. The third kappa shape index (κ3) is 4.39. The van der Waals surface area contributed by atoms with Gasteiger partial charge in [-0.25, -0.2) is 8.42 Å². The van der Waals surface area contributed by atoms with Crippen molar-refractivity contribution in [1.29, 1.82) is 0 Å². The van der Waals surface area contributed by atoms with E-state index in [-0.39, 0.29) is 17.3 Å². The van der Waals surface area contributed by atoms with Crippen LogP contribution >= 0.6 is 0 Å². The summed E-state index contributed by atoms with van der Waals surface area (Å²) in [6, 6.07) is 12.2. The number of amides is 1. The van der Waals surface area contributed by atoms with Crippen LogP contribution < -0.4 is 4.31 Å². The predicted molar refractivity (Wildman–Crippen MR) is 100 cm³/mol. The SMILES string of the molecule is Cc1ccc(S(=O)(=O)N(CC(=O)N(C)C)c2cc(C)cc(C)c2)cc1. The molecule has 0 radical (unpaired) electrons. The molecule has 0 saturated heterocycles. The van der Waals surface area contributed by atoms with Gasteiger partial charge in [0, 0.05) is 14.1 Å². The Morgan fingerprint density at radius 2 is 1.40 bits per heavy atom.